The van der Waals surface area contributed by atoms with E-state index in [1.54, 1.807) is 43.3 Å². The Hall–Kier alpha value is -3.98. The lowest BCUT2D eigenvalue weighted by molar-refractivity contribution is 0.0829. The lowest BCUT2D eigenvalue weighted by Gasteiger charge is -2.13. The number of nitrogens with one attached hydrogen (secondary N) is 3. The van der Waals surface area contributed by atoms with Crippen LogP contribution in [0.25, 0.3) is 0 Å². The number of amides is 3. The van der Waals surface area contributed by atoms with Crippen molar-refractivity contribution in [1.29, 1.82) is 0 Å². The molecule has 0 spiro atoms. The van der Waals surface area contributed by atoms with E-state index >= 15 is 0 Å². The van der Waals surface area contributed by atoms with Crippen LogP contribution in [0.5, 0.6) is 0 Å². The molecule has 2 heterocycles. The number of nitrogens with zero attached hydrogens (tertiary/aromatic N) is 2. The molecule has 0 saturated heterocycles. The van der Waals surface area contributed by atoms with Gasteiger partial charge in [-0.15, -0.1) is 0 Å². The van der Waals surface area contributed by atoms with Crippen LogP contribution in [-0.4, -0.2) is 28.4 Å². The van der Waals surface area contributed by atoms with Crippen LogP contribution in [0.2, 0.25) is 5.02 Å². The second kappa shape index (κ2) is 9.66. The lowest BCUT2D eigenvalue weighted by Crippen LogP contribution is -2.41. The number of hydrazine groups is 1. The first-order chi connectivity index (χ1) is 15.9. The van der Waals surface area contributed by atoms with Gasteiger partial charge in [0.25, 0.3) is 11.8 Å². The molecule has 0 radical (unpaired) electrons. The predicted octanol–water partition coefficient (Wildman–Crippen LogP) is 3.18. The molecule has 3 N–H and O–H groups in total. The second-order valence-corrected chi connectivity index (χ2v) is 7.79. The highest BCUT2D eigenvalue weighted by molar-refractivity contribution is 6.30. The van der Waals surface area contributed by atoms with Crippen LogP contribution in [0.1, 0.15) is 61.0 Å². The summed E-state index contributed by atoms with van der Waals surface area (Å²) in [7, 11) is 0. The zero-order chi connectivity index (χ0) is 23.4. The molecule has 1 aromatic carbocycles. The van der Waals surface area contributed by atoms with Gasteiger partial charge in [0.1, 0.15) is 5.76 Å². The topological polar surface area (TPSA) is 126 Å². The van der Waals surface area contributed by atoms with Gasteiger partial charge in [-0.2, -0.15) is 5.10 Å². The van der Waals surface area contributed by atoms with Crippen molar-refractivity contribution < 1.29 is 18.8 Å². The van der Waals surface area contributed by atoms with Gasteiger partial charge in [0.2, 0.25) is 0 Å². The second-order valence-electron chi connectivity index (χ2n) is 7.36. The Balaban J connectivity index is 1.47. The molecular formula is C23H20ClN5O4. The standard InChI is InChI=1S/C23H20ClN5O4/c1-13-19-17(26-27-22(31)15-9-11-25-12-10-15)3-2-4-18(19)33-20(13)23(32)29-28-21(30)14-5-7-16(24)8-6-14/h5-12H,2-4H2,1H3,(H,27,31)(H,28,30)(H,29,32)/b26-17+. The molecule has 9 nitrogen and oxygen atoms in total. The first kappa shape index (κ1) is 22.2. The number of aryl methyl sites for hydroxylation is 1. The maximum Gasteiger partial charge on any atom is 0.305 e. The number of aromatic nitrogens is 1. The third-order valence-electron chi connectivity index (χ3n) is 5.16. The number of hydrogen-bond acceptors (Lipinski definition) is 6. The summed E-state index contributed by atoms with van der Waals surface area (Å²) < 4.78 is 5.79. The van der Waals surface area contributed by atoms with E-state index < -0.39 is 11.8 Å². The summed E-state index contributed by atoms with van der Waals surface area (Å²) in [4.78, 5) is 41.1. The van der Waals surface area contributed by atoms with Crippen LogP contribution in [-0.2, 0) is 6.42 Å². The van der Waals surface area contributed by atoms with Gasteiger partial charge in [0.15, 0.2) is 5.76 Å². The van der Waals surface area contributed by atoms with E-state index in [2.05, 4.69) is 26.4 Å². The minimum Gasteiger partial charge on any atom is -0.455 e. The van der Waals surface area contributed by atoms with Crippen LogP contribution < -0.4 is 16.3 Å². The molecule has 0 unspecified atom stereocenters. The molecule has 10 heteroatoms. The molecule has 3 aromatic rings. The van der Waals surface area contributed by atoms with Crippen LogP contribution in [0.15, 0.2) is 58.3 Å². The van der Waals surface area contributed by atoms with E-state index in [9.17, 15) is 14.4 Å². The first-order valence-corrected chi connectivity index (χ1v) is 10.6. The lowest BCUT2D eigenvalue weighted by atomic mass is 9.93. The molecule has 168 valence electrons. The number of carbonyl (C=O) groups is 3. The molecule has 1 aliphatic rings. The van der Waals surface area contributed by atoms with Gasteiger partial charge in [0.05, 0.1) is 5.71 Å². The SMILES string of the molecule is Cc1c(C(=O)NNC(=O)c2ccc(Cl)cc2)oc2c1/C(=N/NC(=O)c1ccncc1)CCC2. The van der Waals surface area contributed by atoms with Crippen molar-refractivity contribution in [2.45, 2.75) is 26.2 Å². The van der Waals surface area contributed by atoms with Gasteiger partial charge in [-0.1, -0.05) is 11.6 Å². The highest BCUT2D eigenvalue weighted by Crippen LogP contribution is 2.29. The quantitative estimate of drug-likeness (QED) is 0.510. The molecule has 0 atom stereocenters. The third-order valence-corrected chi connectivity index (χ3v) is 5.41. The summed E-state index contributed by atoms with van der Waals surface area (Å²) in [5.41, 5.74) is 9.97. The number of rotatable bonds is 4. The molecule has 0 saturated carbocycles. The molecule has 3 amide bonds. The molecule has 1 aliphatic carbocycles. The maximum absolute atomic E-state index is 12.7. The number of fused-ring (bicyclic) bond motifs is 1. The average molecular weight is 466 g/mol. The average Bonchev–Trinajstić information content (AvgIpc) is 3.19. The van der Waals surface area contributed by atoms with Crippen molar-refractivity contribution in [3.05, 3.63) is 87.6 Å². The highest BCUT2D eigenvalue weighted by atomic mass is 35.5. The molecule has 0 fully saturated rings. The molecule has 33 heavy (non-hydrogen) atoms. The summed E-state index contributed by atoms with van der Waals surface area (Å²) in [5, 5.41) is 4.78. The number of halogens is 1. The van der Waals surface area contributed by atoms with Gasteiger partial charge in [-0.3, -0.25) is 30.2 Å². The number of benzene rings is 1. The summed E-state index contributed by atoms with van der Waals surface area (Å²) >= 11 is 5.82. The van der Waals surface area contributed by atoms with Crippen molar-refractivity contribution in [1.82, 2.24) is 21.3 Å². The molecule has 0 bridgehead atoms. The fourth-order valence-corrected chi connectivity index (χ4v) is 3.65. The number of pyridine rings is 1. The van der Waals surface area contributed by atoms with Crippen molar-refractivity contribution >= 4 is 35.0 Å². The van der Waals surface area contributed by atoms with Crippen molar-refractivity contribution in [2.75, 3.05) is 0 Å². The van der Waals surface area contributed by atoms with Crippen molar-refractivity contribution in [3.63, 3.8) is 0 Å². The van der Waals surface area contributed by atoms with E-state index in [0.717, 1.165) is 6.42 Å². The Morgan fingerprint density at radius 1 is 0.939 bits per heavy atom. The molecule has 4 rings (SSSR count). The zero-order valence-corrected chi connectivity index (χ0v) is 18.4. The normalized spacial score (nSPS) is 13.8. The largest absolute Gasteiger partial charge is 0.455 e. The minimum atomic E-state index is -0.593. The van der Waals surface area contributed by atoms with Gasteiger partial charge in [0, 0.05) is 46.1 Å². The van der Waals surface area contributed by atoms with E-state index in [1.807, 2.05) is 0 Å². The van der Waals surface area contributed by atoms with Crippen molar-refractivity contribution in [2.24, 2.45) is 5.10 Å². The predicted molar refractivity (Wildman–Crippen MR) is 121 cm³/mol. The number of hydrogen-bond donors (Lipinski definition) is 3. The van der Waals surface area contributed by atoms with E-state index in [0.29, 0.717) is 51.6 Å². The zero-order valence-electron chi connectivity index (χ0n) is 17.6. The third kappa shape index (κ3) is 4.93. The van der Waals surface area contributed by atoms with Crippen LogP contribution in [0.4, 0.5) is 0 Å². The fourth-order valence-electron chi connectivity index (χ4n) is 3.53. The number of carbonyl (C=O) groups excluding carboxylic acids is 3. The molecule has 0 aliphatic heterocycles. The Bertz CT molecular complexity index is 1240. The smallest absolute Gasteiger partial charge is 0.305 e. The van der Waals surface area contributed by atoms with E-state index in [1.165, 1.54) is 12.4 Å². The van der Waals surface area contributed by atoms with Crippen LogP contribution >= 0.6 is 11.6 Å². The summed E-state index contributed by atoms with van der Waals surface area (Å²) in [6.45, 7) is 1.74. The fraction of sp³-hybridized carbons (Fsp3) is 0.174. The Kier molecular flexibility index (Phi) is 6.50. The minimum absolute atomic E-state index is 0.0754. The van der Waals surface area contributed by atoms with Gasteiger partial charge in [-0.05, 0) is 56.2 Å². The van der Waals surface area contributed by atoms with Crippen LogP contribution in [0, 0.1) is 6.92 Å². The summed E-state index contributed by atoms with van der Waals surface area (Å²) in [6.07, 6.45) is 5.07. The monoisotopic (exact) mass is 465 g/mol. The first-order valence-electron chi connectivity index (χ1n) is 10.2. The Labute approximate surface area is 194 Å². The van der Waals surface area contributed by atoms with Crippen molar-refractivity contribution in [3.8, 4) is 0 Å². The van der Waals surface area contributed by atoms with Gasteiger partial charge >= 0.3 is 5.91 Å². The summed E-state index contributed by atoms with van der Waals surface area (Å²) in [5.74, 6) is -0.753. The maximum atomic E-state index is 12.7. The van der Waals surface area contributed by atoms with Crippen LogP contribution in [0.3, 0.4) is 0 Å². The number of furan rings is 1. The Morgan fingerprint density at radius 2 is 1.61 bits per heavy atom. The molecule has 2 aromatic heterocycles. The molecular weight excluding hydrogens is 446 g/mol. The highest BCUT2D eigenvalue weighted by Gasteiger charge is 2.28. The van der Waals surface area contributed by atoms with E-state index in [4.69, 9.17) is 16.0 Å². The summed E-state index contributed by atoms with van der Waals surface area (Å²) in [6, 6.07) is 9.43. The van der Waals surface area contributed by atoms with Gasteiger partial charge in [-0.25, -0.2) is 5.43 Å². The Morgan fingerprint density at radius 3 is 2.33 bits per heavy atom. The van der Waals surface area contributed by atoms with Gasteiger partial charge < -0.3 is 4.42 Å². The number of hydrazone groups is 1. The van der Waals surface area contributed by atoms with E-state index in [-0.39, 0.29) is 11.7 Å².